The number of ether oxygens (including phenoxy) is 2. The van der Waals surface area contributed by atoms with Crippen LogP contribution in [0.15, 0.2) is 48.8 Å². The van der Waals surface area contributed by atoms with Crippen LogP contribution < -0.4 is 9.47 Å². The molecular weight excluding hydrogens is 304 g/mol. The predicted octanol–water partition coefficient (Wildman–Crippen LogP) is 3.02. The van der Waals surface area contributed by atoms with E-state index >= 15 is 0 Å². The van der Waals surface area contributed by atoms with E-state index in [-0.39, 0.29) is 5.91 Å². The van der Waals surface area contributed by atoms with Crippen LogP contribution in [0.1, 0.15) is 23.2 Å². The van der Waals surface area contributed by atoms with Gasteiger partial charge in [-0.2, -0.15) is 0 Å². The molecule has 0 aliphatic carbocycles. The first-order chi connectivity index (χ1) is 11.8. The van der Waals surface area contributed by atoms with E-state index in [4.69, 9.17) is 9.47 Å². The van der Waals surface area contributed by atoms with Gasteiger partial charge in [-0.15, -0.1) is 0 Å². The number of hydrogen-bond acceptors (Lipinski definition) is 4. The van der Waals surface area contributed by atoms with E-state index in [0.717, 1.165) is 37.4 Å². The van der Waals surface area contributed by atoms with E-state index in [2.05, 4.69) is 4.98 Å². The van der Waals surface area contributed by atoms with Crippen molar-refractivity contribution in [1.29, 1.82) is 0 Å². The minimum Gasteiger partial charge on any atom is -0.497 e. The summed E-state index contributed by atoms with van der Waals surface area (Å²) in [6, 6.07) is 11.0. The summed E-state index contributed by atoms with van der Waals surface area (Å²) in [6.45, 7) is 2.27. The Labute approximate surface area is 142 Å². The number of carbonyl (C=O) groups excluding carboxylic acids is 1. The maximum absolute atomic E-state index is 12.5. The van der Waals surface area contributed by atoms with Crippen molar-refractivity contribution < 1.29 is 14.3 Å². The van der Waals surface area contributed by atoms with Gasteiger partial charge in [0.15, 0.2) is 0 Å². The van der Waals surface area contributed by atoms with Crippen LogP contribution in [0.3, 0.4) is 0 Å². The number of aromatic nitrogens is 1. The van der Waals surface area contributed by atoms with Gasteiger partial charge in [0.25, 0.3) is 5.91 Å². The summed E-state index contributed by atoms with van der Waals surface area (Å²) in [5.74, 6) is 2.19. The summed E-state index contributed by atoms with van der Waals surface area (Å²) in [5.41, 5.74) is 0.712. The normalized spacial score (nSPS) is 16.9. The molecule has 1 atom stereocenters. The lowest BCUT2D eigenvalue weighted by Gasteiger charge is -2.17. The number of amides is 1. The molecule has 3 rings (SSSR count). The van der Waals surface area contributed by atoms with Crippen molar-refractivity contribution in [2.24, 2.45) is 5.92 Å². The van der Waals surface area contributed by atoms with Gasteiger partial charge < -0.3 is 14.4 Å². The van der Waals surface area contributed by atoms with Crippen LogP contribution in [0, 0.1) is 5.92 Å². The molecule has 0 saturated carbocycles. The Morgan fingerprint density at radius 1 is 1.17 bits per heavy atom. The fourth-order valence-corrected chi connectivity index (χ4v) is 2.95. The van der Waals surface area contributed by atoms with E-state index in [1.54, 1.807) is 19.5 Å². The third kappa shape index (κ3) is 4.04. The van der Waals surface area contributed by atoms with Gasteiger partial charge in [0.1, 0.15) is 11.5 Å². The van der Waals surface area contributed by atoms with Crippen LogP contribution in [0.5, 0.6) is 11.5 Å². The SMILES string of the molecule is COc1ccc(C(=O)N2CCC(CCOc3ccncc3)C2)cc1. The molecule has 0 spiro atoms. The molecule has 5 nitrogen and oxygen atoms in total. The van der Waals surface area contributed by atoms with Crippen molar-refractivity contribution >= 4 is 5.91 Å². The molecule has 0 bridgehead atoms. The molecule has 1 saturated heterocycles. The largest absolute Gasteiger partial charge is 0.497 e. The average Bonchev–Trinajstić information content (AvgIpc) is 3.11. The van der Waals surface area contributed by atoms with Crippen LogP contribution in [0.4, 0.5) is 0 Å². The number of pyridine rings is 1. The quantitative estimate of drug-likeness (QED) is 0.819. The maximum atomic E-state index is 12.5. The summed E-state index contributed by atoms with van der Waals surface area (Å²) in [6.07, 6.45) is 5.43. The van der Waals surface area contributed by atoms with E-state index < -0.39 is 0 Å². The van der Waals surface area contributed by atoms with Gasteiger partial charge in [-0.05, 0) is 55.2 Å². The molecular formula is C19H22N2O3. The van der Waals surface area contributed by atoms with E-state index in [1.165, 1.54) is 0 Å². The summed E-state index contributed by atoms with van der Waals surface area (Å²) < 4.78 is 10.8. The first-order valence-corrected chi connectivity index (χ1v) is 8.22. The number of benzene rings is 1. The predicted molar refractivity (Wildman–Crippen MR) is 91.4 cm³/mol. The average molecular weight is 326 g/mol. The fourth-order valence-electron chi connectivity index (χ4n) is 2.95. The zero-order valence-electron chi connectivity index (χ0n) is 13.9. The Balaban J connectivity index is 1.46. The van der Waals surface area contributed by atoms with Crippen molar-refractivity contribution in [2.45, 2.75) is 12.8 Å². The van der Waals surface area contributed by atoms with Crippen LogP contribution in [0.2, 0.25) is 0 Å². The molecule has 0 N–H and O–H groups in total. The zero-order valence-corrected chi connectivity index (χ0v) is 13.9. The molecule has 126 valence electrons. The molecule has 0 radical (unpaired) electrons. The standard InChI is InChI=1S/C19H22N2O3/c1-23-17-4-2-16(3-5-17)19(22)21-12-8-15(14-21)9-13-24-18-6-10-20-11-7-18/h2-7,10-11,15H,8-9,12-14H2,1H3. The number of likely N-dealkylation sites (tertiary alicyclic amines) is 1. The van der Waals surface area contributed by atoms with E-state index in [9.17, 15) is 4.79 Å². The van der Waals surface area contributed by atoms with Crippen LogP contribution in [-0.4, -0.2) is 42.6 Å². The van der Waals surface area contributed by atoms with E-state index in [0.29, 0.717) is 18.1 Å². The Bertz CT molecular complexity index is 658. The molecule has 1 amide bonds. The molecule has 1 aliphatic heterocycles. The van der Waals surface area contributed by atoms with Crippen molar-refractivity contribution in [3.05, 3.63) is 54.4 Å². The second kappa shape index (κ2) is 7.81. The number of hydrogen-bond donors (Lipinski definition) is 0. The minimum atomic E-state index is 0.0928. The van der Waals surface area contributed by atoms with Crippen LogP contribution in [0.25, 0.3) is 0 Å². The minimum absolute atomic E-state index is 0.0928. The van der Waals surface area contributed by atoms with Gasteiger partial charge in [-0.1, -0.05) is 0 Å². The van der Waals surface area contributed by atoms with Gasteiger partial charge in [-0.3, -0.25) is 9.78 Å². The molecule has 5 heteroatoms. The first-order valence-electron chi connectivity index (χ1n) is 8.22. The molecule has 1 aromatic heterocycles. The maximum Gasteiger partial charge on any atom is 0.253 e. The Hall–Kier alpha value is -2.56. The van der Waals surface area contributed by atoms with Crippen LogP contribution >= 0.6 is 0 Å². The van der Waals surface area contributed by atoms with Gasteiger partial charge >= 0.3 is 0 Å². The van der Waals surface area contributed by atoms with E-state index in [1.807, 2.05) is 41.3 Å². The summed E-state index contributed by atoms with van der Waals surface area (Å²) in [4.78, 5) is 18.4. The molecule has 24 heavy (non-hydrogen) atoms. The highest BCUT2D eigenvalue weighted by Gasteiger charge is 2.26. The highest BCUT2D eigenvalue weighted by atomic mass is 16.5. The number of nitrogens with zero attached hydrogens (tertiary/aromatic N) is 2. The second-order valence-corrected chi connectivity index (χ2v) is 5.95. The van der Waals surface area contributed by atoms with Crippen molar-refractivity contribution in [3.63, 3.8) is 0 Å². The van der Waals surface area contributed by atoms with Gasteiger partial charge in [0.05, 0.1) is 13.7 Å². The van der Waals surface area contributed by atoms with Gasteiger partial charge in [-0.25, -0.2) is 0 Å². The Morgan fingerprint density at radius 2 is 1.92 bits per heavy atom. The Morgan fingerprint density at radius 3 is 2.62 bits per heavy atom. The lowest BCUT2D eigenvalue weighted by atomic mass is 10.1. The van der Waals surface area contributed by atoms with Crippen molar-refractivity contribution in [2.75, 3.05) is 26.8 Å². The topological polar surface area (TPSA) is 51.7 Å². The lowest BCUT2D eigenvalue weighted by Crippen LogP contribution is -2.28. The highest BCUT2D eigenvalue weighted by Crippen LogP contribution is 2.22. The smallest absolute Gasteiger partial charge is 0.253 e. The molecule has 1 aliphatic rings. The Kier molecular flexibility index (Phi) is 5.31. The summed E-state index contributed by atoms with van der Waals surface area (Å²) in [7, 11) is 1.62. The summed E-state index contributed by atoms with van der Waals surface area (Å²) >= 11 is 0. The third-order valence-corrected chi connectivity index (χ3v) is 4.35. The first kappa shape index (κ1) is 16.3. The fraction of sp³-hybridized carbons (Fsp3) is 0.368. The van der Waals surface area contributed by atoms with Crippen molar-refractivity contribution in [1.82, 2.24) is 9.88 Å². The lowest BCUT2D eigenvalue weighted by molar-refractivity contribution is 0.0785. The monoisotopic (exact) mass is 326 g/mol. The molecule has 2 aromatic rings. The van der Waals surface area contributed by atoms with Crippen LogP contribution in [-0.2, 0) is 0 Å². The highest BCUT2D eigenvalue weighted by molar-refractivity contribution is 5.94. The van der Waals surface area contributed by atoms with Gasteiger partial charge in [0.2, 0.25) is 0 Å². The zero-order chi connectivity index (χ0) is 16.8. The van der Waals surface area contributed by atoms with Crippen molar-refractivity contribution in [3.8, 4) is 11.5 Å². The second-order valence-electron chi connectivity index (χ2n) is 5.95. The third-order valence-electron chi connectivity index (χ3n) is 4.35. The molecule has 1 fully saturated rings. The number of methoxy groups -OCH3 is 1. The number of rotatable bonds is 6. The number of carbonyl (C=O) groups is 1. The molecule has 2 heterocycles. The molecule has 1 unspecified atom stereocenters. The molecule has 1 aromatic carbocycles. The van der Waals surface area contributed by atoms with Gasteiger partial charge in [0, 0.05) is 31.0 Å². The summed E-state index contributed by atoms with van der Waals surface area (Å²) in [5, 5.41) is 0.